The Morgan fingerprint density at radius 2 is 1.95 bits per heavy atom. The molecule has 2 atom stereocenters. The van der Waals surface area contributed by atoms with Gasteiger partial charge in [-0.25, -0.2) is 0 Å². The van der Waals surface area contributed by atoms with Gasteiger partial charge in [0, 0.05) is 11.8 Å². The fraction of sp³-hybridized carbons (Fsp3) is 0.389. The van der Waals surface area contributed by atoms with E-state index in [0.29, 0.717) is 5.41 Å². The molecule has 2 aromatic rings. The highest BCUT2D eigenvalue weighted by Crippen LogP contribution is 2.62. The summed E-state index contributed by atoms with van der Waals surface area (Å²) in [6, 6.07) is 12.8. The molecule has 0 aliphatic heterocycles. The number of hydrogen-bond donors (Lipinski definition) is 0. The third kappa shape index (κ3) is 1.51. The summed E-state index contributed by atoms with van der Waals surface area (Å²) in [5.74, 6) is 1.61. The summed E-state index contributed by atoms with van der Waals surface area (Å²) in [5, 5.41) is 0. The van der Waals surface area contributed by atoms with Gasteiger partial charge in [0.25, 0.3) is 0 Å². The number of nitrogens with zero attached hydrogens (tertiary/aromatic N) is 1. The van der Waals surface area contributed by atoms with Crippen LogP contribution < -0.4 is 0 Å². The van der Waals surface area contributed by atoms with Crippen LogP contribution in [0.4, 0.5) is 0 Å². The van der Waals surface area contributed by atoms with Gasteiger partial charge < -0.3 is 0 Å². The van der Waals surface area contributed by atoms with Crippen LogP contribution in [0.5, 0.6) is 0 Å². The number of rotatable bonds is 1. The zero-order valence-corrected chi connectivity index (χ0v) is 11.6. The minimum absolute atomic E-state index is 0.489. The van der Waals surface area contributed by atoms with E-state index in [1.54, 1.807) is 0 Å². The Balaban J connectivity index is 1.78. The highest BCUT2D eigenvalue weighted by Gasteiger charge is 2.52. The monoisotopic (exact) mass is 249 g/mol. The van der Waals surface area contributed by atoms with Crippen molar-refractivity contribution in [2.45, 2.75) is 32.6 Å². The molecule has 0 saturated heterocycles. The first-order valence-electron chi connectivity index (χ1n) is 7.20. The summed E-state index contributed by atoms with van der Waals surface area (Å²) in [5.41, 5.74) is 5.88. The van der Waals surface area contributed by atoms with Gasteiger partial charge in [0.1, 0.15) is 0 Å². The van der Waals surface area contributed by atoms with Crippen LogP contribution in [0, 0.1) is 11.3 Å². The van der Waals surface area contributed by atoms with Crippen LogP contribution in [0.15, 0.2) is 42.6 Å². The lowest BCUT2D eigenvalue weighted by atomic mass is 9.47. The second-order valence-electron chi connectivity index (χ2n) is 6.65. The van der Waals surface area contributed by atoms with E-state index in [1.165, 1.54) is 29.5 Å². The molecule has 1 nitrogen and oxygen atoms in total. The van der Waals surface area contributed by atoms with E-state index >= 15 is 0 Å². The van der Waals surface area contributed by atoms with Crippen molar-refractivity contribution in [3.63, 3.8) is 0 Å². The molecule has 3 aliphatic rings. The van der Waals surface area contributed by atoms with Crippen LogP contribution >= 0.6 is 0 Å². The molecule has 1 heteroatoms. The maximum Gasteiger partial charge on any atom is 0.0704 e. The molecule has 5 rings (SSSR count). The van der Waals surface area contributed by atoms with E-state index in [-0.39, 0.29) is 0 Å². The average Bonchev–Trinajstić information content (AvgIpc) is 2.46. The molecule has 19 heavy (non-hydrogen) atoms. The van der Waals surface area contributed by atoms with E-state index in [4.69, 9.17) is 4.98 Å². The largest absolute Gasteiger partial charge is 0.256 e. The van der Waals surface area contributed by atoms with Crippen molar-refractivity contribution < 1.29 is 0 Å². The molecule has 0 N–H and O–H groups in total. The Bertz CT molecular complexity index is 627. The summed E-state index contributed by atoms with van der Waals surface area (Å²) in [6.45, 7) is 4.83. The van der Waals surface area contributed by atoms with Crippen molar-refractivity contribution in [2.24, 2.45) is 11.3 Å². The van der Waals surface area contributed by atoms with E-state index in [0.717, 1.165) is 17.5 Å². The Labute approximate surface area is 114 Å². The van der Waals surface area contributed by atoms with Crippen molar-refractivity contribution >= 4 is 0 Å². The first kappa shape index (κ1) is 11.2. The zero-order chi connectivity index (χ0) is 13.0. The quantitative estimate of drug-likeness (QED) is 0.728. The van der Waals surface area contributed by atoms with Gasteiger partial charge in [-0.1, -0.05) is 44.2 Å². The number of pyridine rings is 1. The van der Waals surface area contributed by atoms with Gasteiger partial charge >= 0.3 is 0 Å². The Kier molecular flexibility index (Phi) is 2.18. The molecular formula is C18H19N. The van der Waals surface area contributed by atoms with Crippen LogP contribution in [0.3, 0.4) is 0 Å². The molecule has 1 aromatic carbocycles. The summed E-state index contributed by atoms with van der Waals surface area (Å²) in [4.78, 5) is 4.70. The number of aromatic nitrogens is 1. The highest BCUT2D eigenvalue weighted by atomic mass is 14.7. The molecule has 2 bridgehead atoms. The molecule has 0 amide bonds. The van der Waals surface area contributed by atoms with Crippen LogP contribution in [-0.4, -0.2) is 4.98 Å². The molecule has 1 aromatic heterocycles. The van der Waals surface area contributed by atoms with E-state index < -0.39 is 0 Å². The van der Waals surface area contributed by atoms with Gasteiger partial charge in [0.15, 0.2) is 0 Å². The summed E-state index contributed by atoms with van der Waals surface area (Å²) in [6.07, 6.45) is 4.74. The topological polar surface area (TPSA) is 12.9 Å². The standard InChI is InChI=1S/C18H19N/c1-18(2)14-8-13-9-17(12-6-4-3-5-7-12)19-11-15(13)16(18)10-14/h3-7,9,11,14,16H,8,10H2,1-2H3/t14-,16-/m0/s1. The molecule has 0 spiro atoms. The van der Waals surface area contributed by atoms with Gasteiger partial charge in [-0.15, -0.1) is 0 Å². The first-order chi connectivity index (χ1) is 9.16. The maximum atomic E-state index is 4.70. The van der Waals surface area contributed by atoms with Gasteiger partial charge in [0.05, 0.1) is 5.69 Å². The molecule has 96 valence electrons. The van der Waals surface area contributed by atoms with Crippen molar-refractivity contribution in [1.29, 1.82) is 0 Å². The Hall–Kier alpha value is -1.63. The SMILES string of the molecule is CC1(C)[C@H]2Cc3cc(-c4ccccc4)ncc3[C@@H]1C2. The highest BCUT2D eigenvalue weighted by molar-refractivity contribution is 5.61. The van der Waals surface area contributed by atoms with Gasteiger partial charge in [-0.05, 0) is 47.3 Å². The van der Waals surface area contributed by atoms with Crippen LogP contribution in [0.25, 0.3) is 11.3 Å². The van der Waals surface area contributed by atoms with Gasteiger partial charge in [-0.2, -0.15) is 0 Å². The predicted molar refractivity (Wildman–Crippen MR) is 78.0 cm³/mol. The van der Waals surface area contributed by atoms with Gasteiger partial charge in [0.2, 0.25) is 0 Å². The fourth-order valence-corrected chi connectivity index (χ4v) is 3.92. The number of benzene rings is 1. The fourth-order valence-electron chi connectivity index (χ4n) is 3.92. The van der Waals surface area contributed by atoms with Crippen molar-refractivity contribution in [2.75, 3.05) is 0 Å². The third-order valence-electron chi connectivity index (χ3n) is 5.41. The van der Waals surface area contributed by atoms with Crippen molar-refractivity contribution in [1.82, 2.24) is 4.98 Å². The molecule has 3 aliphatic carbocycles. The second-order valence-corrected chi connectivity index (χ2v) is 6.65. The minimum Gasteiger partial charge on any atom is -0.256 e. The Morgan fingerprint density at radius 1 is 1.16 bits per heavy atom. The predicted octanol–water partition coefficient (Wildman–Crippen LogP) is 4.43. The molecule has 0 radical (unpaired) electrons. The molecule has 0 unspecified atom stereocenters. The van der Waals surface area contributed by atoms with Crippen LogP contribution in [-0.2, 0) is 6.42 Å². The van der Waals surface area contributed by atoms with E-state index in [2.05, 4.69) is 56.4 Å². The number of hydrogen-bond acceptors (Lipinski definition) is 1. The molecular weight excluding hydrogens is 230 g/mol. The molecule has 1 fully saturated rings. The average molecular weight is 249 g/mol. The third-order valence-corrected chi connectivity index (χ3v) is 5.41. The summed E-state index contributed by atoms with van der Waals surface area (Å²) in [7, 11) is 0. The lowest BCUT2D eigenvalue weighted by Crippen LogP contribution is -2.48. The zero-order valence-electron chi connectivity index (χ0n) is 11.6. The minimum atomic E-state index is 0.489. The van der Waals surface area contributed by atoms with Crippen LogP contribution in [0.2, 0.25) is 0 Å². The molecule has 1 heterocycles. The lowest BCUT2D eigenvalue weighted by Gasteiger charge is -2.57. The molecule has 1 saturated carbocycles. The lowest BCUT2D eigenvalue weighted by molar-refractivity contribution is 0.0183. The first-order valence-corrected chi connectivity index (χ1v) is 7.20. The normalized spacial score (nSPS) is 26.4. The van der Waals surface area contributed by atoms with E-state index in [1.807, 2.05) is 0 Å². The second kappa shape index (κ2) is 3.69. The smallest absolute Gasteiger partial charge is 0.0704 e. The van der Waals surface area contributed by atoms with Crippen molar-refractivity contribution in [3.05, 3.63) is 53.7 Å². The van der Waals surface area contributed by atoms with Crippen molar-refractivity contribution in [3.8, 4) is 11.3 Å². The summed E-state index contributed by atoms with van der Waals surface area (Å²) >= 11 is 0. The van der Waals surface area contributed by atoms with Gasteiger partial charge in [-0.3, -0.25) is 4.98 Å². The Morgan fingerprint density at radius 3 is 2.68 bits per heavy atom. The van der Waals surface area contributed by atoms with E-state index in [9.17, 15) is 0 Å². The maximum absolute atomic E-state index is 4.70. The van der Waals surface area contributed by atoms with Crippen LogP contribution in [0.1, 0.15) is 37.3 Å². The summed E-state index contributed by atoms with van der Waals surface area (Å²) < 4.78 is 0.